The monoisotopic (exact) mass is 343 g/mol. The molecule has 1 fully saturated rings. The van der Waals surface area contributed by atoms with Crippen molar-refractivity contribution in [3.63, 3.8) is 0 Å². The molecule has 112 valence electrons. The smallest absolute Gasteiger partial charge is 0.265 e. The molecule has 1 aliphatic rings. The minimum Gasteiger partial charge on any atom is -0.386 e. The van der Waals surface area contributed by atoms with Gasteiger partial charge in [-0.3, -0.25) is 4.79 Å². The van der Waals surface area contributed by atoms with Crippen molar-refractivity contribution >= 4 is 50.5 Å². The summed E-state index contributed by atoms with van der Waals surface area (Å²) in [4.78, 5) is 14.7. The fourth-order valence-electron chi connectivity index (χ4n) is 2.44. The van der Waals surface area contributed by atoms with Gasteiger partial charge in [0.1, 0.15) is 10.5 Å². The van der Waals surface area contributed by atoms with Gasteiger partial charge in [-0.05, 0) is 18.1 Å². The van der Waals surface area contributed by atoms with Crippen LogP contribution in [0.5, 0.6) is 0 Å². The molecule has 1 aliphatic heterocycles. The Morgan fingerprint density at radius 1 is 1.38 bits per heavy atom. The van der Waals surface area contributed by atoms with E-state index in [1.165, 1.54) is 11.3 Å². The second-order valence-corrected chi connectivity index (χ2v) is 7.67. The lowest BCUT2D eigenvalue weighted by molar-refractivity contribution is -0.110. The topological polar surface area (TPSA) is 40.5 Å². The number of thiophene rings is 1. The third-order valence-electron chi connectivity index (χ3n) is 4.08. The average Bonchev–Trinajstić information content (AvgIpc) is 2.70. The number of nitrogens with zero attached hydrogens (tertiary/aromatic N) is 1. The molecule has 2 heterocycles. The predicted molar refractivity (Wildman–Crippen MR) is 87.5 cm³/mol. The van der Waals surface area contributed by atoms with Crippen LogP contribution in [-0.4, -0.2) is 34.6 Å². The highest BCUT2D eigenvalue weighted by Gasteiger charge is 2.46. The molecule has 21 heavy (non-hydrogen) atoms. The van der Waals surface area contributed by atoms with Crippen LogP contribution in [0.15, 0.2) is 18.2 Å². The summed E-state index contributed by atoms with van der Waals surface area (Å²) in [5.41, 5.74) is -0.776. The van der Waals surface area contributed by atoms with Gasteiger partial charge in [-0.1, -0.05) is 43.1 Å². The molecular formula is C15H15Cl2NO2S. The van der Waals surface area contributed by atoms with Crippen molar-refractivity contribution in [3.05, 3.63) is 33.1 Å². The minimum atomic E-state index is -0.776. The number of carbonyl (C=O) groups is 1. The highest BCUT2D eigenvalue weighted by atomic mass is 35.5. The Kier molecular flexibility index (Phi) is 3.69. The summed E-state index contributed by atoms with van der Waals surface area (Å²) in [6.45, 7) is 4.62. The second kappa shape index (κ2) is 5.13. The van der Waals surface area contributed by atoms with Gasteiger partial charge in [0.15, 0.2) is 0 Å². The van der Waals surface area contributed by atoms with Crippen LogP contribution in [0.1, 0.15) is 23.5 Å². The molecule has 0 unspecified atom stereocenters. The Morgan fingerprint density at radius 2 is 2.05 bits per heavy atom. The maximum absolute atomic E-state index is 12.5. The van der Waals surface area contributed by atoms with Crippen molar-refractivity contribution in [2.45, 2.75) is 19.4 Å². The van der Waals surface area contributed by atoms with E-state index in [9.17, 15) is 9.90 Å². The largest absolute Gasteiger partial charge is 0.386 e. The Morgan fingerprint density at radius 3 is 2.67 bits per heavy atom. The first kappa shape index (κ1) is 15.1. The molecule has 0 spiro atoms. The van der Waals surface area contributed by atoms with Crippen LogP contribution in [0.2, 0.25) is 10.0 Å². The molecular weight excluding hydrogens is 329 g/mol. The standard InChI is InChI=1S/C15H15Cl2NO2S/c1-8(2)15(20)6-18(7-15)14(19)13-12(17)10-4-3-9(16)5-11(10)21-13/h3-5,8,20H,6-7H2,1-2H3. The molecule has 0 atom stereocenters. The van der Waals surface area contributed by atoms with Crippen LogP contribution in [0.4, 0.5) is 0 Å². The second-order valence-electron chi connectivity index (χ2n) is 5.81. The zero-order valence-electron chi connectivity index (χ0n) is 11.7. The van der Waals surface area contributed by atoms with Crippen LogP contribution in [0.3, 0.4) is 0 Å². The number of rotatable bonds is 2. The van der Waals surface area contributed by atoms with Gasteiger partial charge < -0.3 is 10.0 Å². The third kappa shape index (κ3) is 2.44. The van der Waals surface area contributed by atoms with Crippen molar-refractivity contribution in [2.75, 3.05) is 13.1 Å². The third-order valence-corrected chi connectivity index (χ3v) is 5.96. The summed E-state index contributed by atoms with van der Waals surface area (Å²) in [5, 5.41) is 12.2. The van der Waals surface area contributed by atoms with Crippen molar-refractivity contribution in [2.24, 2.45) is 5.92 Å². The fraction of sp³-hybridized carbons (Fsp3) is 0.400. The first-order valence-electron chi connectivity index (χ1n) is 6.71. The number of aliphatic hydroxyl groups is 1. The van der Waals surface area contributed by atoms with Crippen LogP contribution < -0.4 is 0 Å². The summed E-state index contributed by atoms with van der Waals surface area (Å²) in [6.07, 6.45) is 0. The summed E-state index contributed by atoms with van der Waals surface area (Å²) in [6, 6.07) is 5.40. The van der Waals surface area contributed by atoms with Crippen molar-refractivity contribution < 1.29 is 9.90 Å². The highest BCUT2D eigenvalue weighted by molar-refractivity contribution is 7.21. The van der Waals surface area contributed by atoms with Gasteiger partial charge in [0.25, 0.3) is 5.91 Å². The van der Waals surface area contributed by atoms with Gasteiger partial charge in [-0.2, -0.15) is 0 Å². The lowest BCUT2D eigenvalue weighted by atomic mass is 9.83. The summed E-state index contributed by atoms with van der Waals surface area (Å²) in [5.74, 6) is 0.000818. The number of fused-ring (bicyclic) bond motifs is 1. The van der Waals surface area contributed by atoms with Crippen LogP contribution in [0.25, 0.3) is 10.1 Å². The first-order chi connectivity index (χ1) is 9.82. The molecule has 3 rings (SSSR count). The number of hydrogen-bond acceptors (Lipinski definition) is 3. The van der Waals surface area contributed by atoms with Gasteiger partial charge >= 0.3 is 0 Å². The summed E-state index contributed by atoms with van der Waals surface area (Å²) < 4.78 is 0.899. The molecule has 1 aromatic carbocycles. The van der Waals surface area contributed by atoms with E-state index in [-0.39, 0.29) is 11.8 Å². The molecule has 2 aromatic rings. The first-order valence-corrected chi connectivity index (χ1v) is 8.28. The Labute approximate surface area is 137 Å². The van der Waals surface area contributed by atoms with Crippen LogP contribution in [0, 0.1) is 5.92 Å². The van der Waals surface area contributed by atoms with E-state index >= 15 is 0 Å². The maximum atomic E-state index is 12.5. The van der Waals surface area contributed by atoms with Gasteiger partial charge in [0, 0.05) is 15.1 Å². The maximum Gasteiger partial charge on any atom is 0.265 e. The zero-order valence-corrected chi connectivity index (χ0v) is 14.0. The Hall–Kier alpha value is -0.810. The normalized spacial score (nSPS) is 17.3. The average molecular weight is 344 g/mol. The number of hydrogen-bond donors (Lipinski definition) is 1. The van der Waals surface area contributed by atoms with Gasteiger partial charge in [0.05, 0.1) is 18.1 Å². The lowest BCUT2D eigenvalue weighted by Crippen LogP contribution is -2.65. The molecule has 1 saturated heterocycles. The van der Waals surface area contributed by atoms with Crippen molar-refractivity contribution in [1.82, 2.24) is 4.90 Å². The van der Waals surface area contributed by atoms with E-state index < -0.39 is 5.60 Å². The molecule has 1 amide bonds. The number of likely N-dealkylation sites (tertiary alicyclic amines) is 1. The number of halogens is 2. The molecule has 1 aromatic heterocycles. The SMILES string of the molecule is CC(C)C1(O)CN(C(=O)c2sc3cc(Cl)ccc3c2Cl)C1. The number of benzene rings is 1. The van der Waals surface area contributed by atoms with E-state index in [0.29, 0.717) is 28.0 Å². The minimum absolute atomic E-state index is 0.123. The van der Waals surface area contributed by atoms with Crippen LogP contribution in [-0.2, 0) is 0 Å². The van der Waals surface area contributed by atoms with E-state index in [1.807, 2.05) is 26.0 Å². The van der Waals surface area contributed by atoms with Gasteiger partial charge in [-0.15, -0.1) is 11.3 Å². The Balaban J connectivity index is 1.88. The van der Waals surface area contributed by atoms with Crippen molar-refractivity contribution in [1.29, 1.82) is 0 Å². The zero-order chi connectivity index (χ0) is 15.4. The Bertz CT molecular complexity index is 720. The molecule has 3 nitrogen and oxygen atoms in total. The quantitative estimate of drug-likeness (QED) is 0.893. The fourth-order valence-corrected chi connectivity index (χ4v) is 4.20. The number of carbonyl (C=O) groups excluding carboxylic acids is 1. The van der Waals surface area contributed by atoms with E-state index in [0.717, 1.165) is 10.1 Å². The summed E-state index contributed by atoms with van der Waals surface area (Å²) in [7, 11) is 0. The van der Waals surface area contributed by atoms with Crippen LogP contribution >= 0.6 is 34.5 Å². The lowest BCUT2D eigenvalue weighted by Gasteiger charge is -2.48. The van der Waals surface area contributed by atoms with E-state index in [4.69, 9.17) is 23.2 Å². The van der Waals surface area contributed by atoms with Gasteiger partial charge in [-0.25, -0.2) is 0 Å². The molecule has 0 bridgehead atoms. The van der Waals surface area contributed by atoms with Gasteiger partial charge in [0.2, 0.25) is 0 Å². The predicted octanol–water partition coefficient (Wildman–Crippen LogP) is 4.05. The number of β-amino-alcohol motifs (C(OH)–C–C–N with tert-alkyl or cyclic N) is 1. The number of amides is 1. The molecule has 6 heteroatoms. The molecule has 0 aliphatic carbocycles. The van der Waals surface area contributed by atoms with E-state index in [1.54, 1.807) is 11.0 Å². The molecule has 1 N–H and O–H groups in total. The summed E-state index contributed by atoms with van der Waals surface area (Å²) >= 11 is 13.6. The molecule has 0 radical (unpaired) electrons. The molecule has 0 saturated carbocycles. The van der Waals surface area contributed by atoms with Crippen molar-refractivity contribution in [3.8, 4) is 0 Å². The highest BCUT2D eigenvalue weighted by Crippen LogP contribution is 2.39. The van der Waals surface area contributed by atoms with E-state index in [2.05, 4.69) is 0 Å².